The van der Waals surface area contributed by atoms with E-state index in [2.05, 4.69) is 56.0 Å². The number of nitrogens with zero attached hydrogens (tertiary/aromatic N) is 1. The molecule has 0 spiro atoms. The number of carbonyl (C=O) groups excluding carboxylic acids is 1. The molecule has 1 saturated heterocycles. The van der Waals surface area contributed by atoms with E-state index in [0.29, 0.717) is 6.04 Å². The van der Waals surface area contributed by atoms with Crippen LogP contribution in [0, 0.1) is 13.8 Å². The highest BCUT2D eigenvalue weighted by atomic mass is 16.1. The summed E-state index contributed by atoms with van der Waals surface area (Å²) in [5.74, 6) is 0. The summed E-state index contributed by atoms with van der Waals surface area (Å²) in [5.41, 5.74) is 6.17. The molecule has 2 aromatic carbocycles. The fraction of sp³-hybridized carbons (Fsp3) is 0.381. The largest absolute Gasteiger partial charge is 0.360 e. The Labute approximate surface area is 144 Å². The van der Waals surface area contributed by atoms with Gasteiger partial charge >= 0.3 is 0 Å². The van der Waals surface area contributed by atoms with E-state index in [1.54, 1.807) is 4.90 Å². The maximum Gasteiger partial charge on any atom is 0.150 e. The van der Waals surface area contributed by atoms with Gasteiger partial charge in [-0.25, -0.2) is 0 Å². The van der Waals surface area contributed by atoms with Gasteiger partial charge in [0.25, 0.3) is 0 Å². The average molecular weight is 323 g/mol. The Morgan fingerprint density at radius 2 is 1.71 bits per heavy atom. The number of nitrogens with one attached hydrogen (secondary N) is 1. The minimum Gasteiger partial charge on any atom is -0.360 e. The van der Waals surface area contributed by atoms with E-state index in [1.807, 2.05) is 12.1 Å². The highest BCUT2D eigenvalue weighted by molar-refractivity contribution is 5.75. The Kier molecular flexibility index (Phi) is 5.00. The van der Waals surface area contributed by atoms with Crippen molar-refractivity contribution in [3.05, 3.63) is 64.7 Å². The van der Waals surface area contributed by atoms with Crippen LogP contribution < -0.4 is 9.80 Å². The number of carbonyl (C=O) groups is 1. The van der Waals surface area contributed by atoms with E-state index in [4.69, 9.17) is 0 Å². The zero-order chi connectivity index (χ0) is 17.1. The second-order valence-corrected chi connectivity index (χ2v) is 6.94. The lowest BCUT2D eigenvalue weighted by Gasteiger charge is -2.37. The Morgan fingerprint density at radius 1 is 1.04 bits per heavy atom. The molecule has 0 unspecified atom stereocenters. The van der Waals surface area contributed by atoms with Gasteiger partial charge in [0.15, 0.2) is 0 Å². The molecule has 0 amide bonds. The summed E-state index contributed by atoms with van der Waals surface area (Å²) in [4.78, 5) is 14.9. The van der Waals surface area contributed by atoms with Crippen LogP contribution in [0.15, 0.2) is 42.5 Å². The van der Waals surface area contributed by atoms with Crippen LogP contribution in [0.25, 0.3) is 0 Å². The number of hydrogen-bond donors (Lipinski definition) is 1. The van der Waals surface area contributed by atoms with Gasteiger partial charge in [0, 0.05) is 16.8 Å². The Bertz CT molecular complexity index is 700. The molecule has 1 aliphatic rings. The first-order valence-corrected chi connectivity index (χ1v) is 8.80. The molecular formula is C21H27N2O+. The highest BCUT2D eigenvalue weighted by Gasteiger charge is 2.26. The maximum absolute atomic E-state index is 10.8. The van der Waals surface area contributed by atoms with Crippen molar-refractivity contribution in [3.8, 4) is 0 Å². The highest BCUT2D eigenvalue weighted by Crippen LogP contribution is 2.18. The number of quaternary nitrogens is 1. The van der Waals surface area contributed by atoms with Gasteiger partial charge in [-0.2, -0.15) is 0 Å². The van der Waals surface area contributed by atoms with Crippen molar-refractivity contribution >= 4 is 12.0 Å². The van der Waals surface area contributed by atoms with Gasteiger partial charge in [0.05, 0.1) is 26.2 Å². The summed E-state index contributed by atoms with van der Waals surface area (Å²) in [6.45, 7) is 11.1. The summed E-state index contributed by atoms with van der Waals surface area (Å²) in [6, 6.07) is 15.3. The second kappa shape index (κ2) is 7.18. The summed E-state index contributed by atoms with van der Waals surface area (Å²) < 4.78 is 0. The first-order chi connectivity index (χ1) is 11.6. The molecular weight excluding hydrogens is 296 g/mol. The van der Waals surface area contributed by atoms with Gasteiger partial charge in [0.2, 0.25) is 0 Å². The SMILES string of the molecule is Cc1ccc([C@H](C)[NH+]2CCN(c3ccc(C=O)cc3)CC2)c(C)c1. The van der Waals surface area contributed by atoms with E-state index < -0.39 is 0 Å². The summed E-state index contributed by atoms with van der Waals surface area (Å²) in [5, 5.41) is 0. The van der Waals surface area contributed by atoms with E-state index in [0.717, 1.165) is 38.0 Å². The molecule has 0 bridgehead atoms. The minimum atomic E-state index is 0.533. The van der Waals surface area contributed by atoms with Crippen LogP contribution in [-0.2, 0) is 0 Å². The zero-order valence-electron chi connectivity index (χ0n) is 14.9. The molecule has 1 N–H and O–H groups in total. The lowest BCUT2D eigenvalue weighted by molar-refractivity contribution is -0.930. The summed E-state index contributed by atoms with van der Waals surface area (Å²) >= 11 is 0. The average Bonchev–Trinajstić information content (AvgIpc) is 2.61. The number of piperazine rings is 1. The van der Waals surface area contributed by atoms with Crippen LogP contribution >= 0.6 is 0 Å². The Balaban J connectivity index is 1.64. The molecule has 1 heterocycles. The van der Waals surface area contributed by atoms with Crippen molar-refractivity contribution in [1.29, 1.82) is 0 Å². The fourth-order valence-electron chi connectivity index (χ4n) is 3.78. The molecule has 0 aliphatic carbocycles. The molecule has 3 heteroatoms. The first kappa shape index (κ1) is 16.7. The van der Waals surface area contributed by atoms with Crippen LogP contribution in [0.3, 0.4) is 0 Å². The van der Waals surface area contributed by atoms with Crippen molar-refractivity contribution in [2.24, 2.45) is 0 Å². The standard InChI is InChI=1S/C21H26N2O/c1-16-4-9-21(17(2)14-16)18(3)22-10-12-23(13-11-22)20-7-5-19(15-24)6-8-20/h4-9,14-15,18H,10-13H2,1-3H3/p+1/t18-/m0/s1. The van der Waals surface area contributed by atoms with Crippen LogP contribution in [0.1, 0.15) is 40.0 Å². The lowest BCUT2D eigenvalue weighted by Crippen LogP contribution is -3.14. The van der Waals surface area contributed by atoms with Crippen molar-refractivity contribution in [1.82, 2.24) is 0 Å². The molecule has 3 nitrogen and oxygen atoms in total. The molecule has 1 fully saturated rings. The fourth-order valence-corrected chi connectivity index (χ4v) is 3.78. The maximum atomic E-state index is 10.8. The minimum absolute atomic E-state index is 0.533. The van der Waals surface area contributed by atoms with E-state index >= 15 is 0 Å². The third-order valence-electron chi connectivity index (χ3n) is 5.30. The van der Waals surface area contributed by atoms with Gasteiger partial charge in [0.1, 0.15) is 12.3 Å². The summed E-state index contributed by atoms with van der Waals surface area (Å²) in [6.07, 6.45) is 0.900. The first-order valence-electron chi connectivity index (χ1n) is 8.80. The molecule has 3 rings (SSSR count). The van der Waals surface area contributed by atoms with Crippen LogP contribution in [-0.4, -0.2) is 32.5 Å². The van der Waals surface area contributed by atoms with Gasteiger partial charge in [-0.05, 0) is 50.6 Å². The molecule has 0 aromatic heterocycles. The van der Waals surface area contributed by atoms with E-state index in [-0.39, 0.29) is 0 Å². The van der Waals surface area contributed by atoms with Crippen molar-refractivity contribution in [2.75, 3.05) is 31.1 Å². The quantitative estimate of drug-likeness (QED) is 0.875. The Morgan fingerprint density at radius 3 is 2.29 bits per heavy atom. The van der Waals surface area contributed by atoms with Crippen LogP contribution in [0.2, 0.25) is 0 Å². The number of aldehydes is 1. The van der Waals surface area contributed by atoms with Crippen molar-refractivity contribution in [2.45, 2.75) is 26.8 Å². The van der Waals surface area contributed by atoms with Crippen LogP contribution in [0.4, 0.5) is 5.69 Å². The molecule has 126 valence electrons. The van der Waals surface area contributed by atoms with Gasteiger partial charge in [-0.1, -0.05) is 23.8 Å². The normalized spacial score (nSPS) is 16.9. The molecule has 0 saturated carbocycles. The number of hydrogen-bond acceptors (Lipinski definition) is 2. The molecule has 1 aliphatic heterocycles. The number of benzene rings is 2. The zero-order valence-corrected chi connectivity index (χ0v) is 14.9. The van der Waals surface area contributed by atoms with Crippen LogP contribution in [0.5, 0.6) is 0 Å². The third kappa shape index (κ3) is 3.51. The second-order valence-electron chi connectivity index (χ2n) is 6.94. The predicted molar refractivity (Wildman–Crippen MR) is 99.1 cm³/mol. The number of anilines is 1. The lowest BCUT2D eigenvalue weighted by atomic mass is 9.98. The van der Waals surface area contributed by atoms with Gasteiger partial charge < -0.3 is 9.80 Å². The van der Waals surface area contributed by atoms with E-state index in [1.165, 1.54) is 22.4 Å². The third-order valence-corrected chi connectivity index (χ3v) is 5.30. The predicted octanol–water partition coefficient (Wildman–Crippen LogP) is 2.58. The smallest absolute Gasteiger partial charge is 0.150 e. The van der Waals surface area contributed by atoms with Gasteiger partial charge in [-0.15, -0.1) is 0 Å². The molecule has 0 radical (unpaired) electrons. The summed E-state index contributed by atoms with van der Waals surface area (Å²) in [7, 11) is 0. The molecule has 1 atom stereocenters. The molecule has 24 heavy (non-hydrogen) atoms. The topological polar surface area (TPSA) is 24.8 Å². The Hall–Kier alpha value is -2.13. The van der Waals surface area contributed by atoms with Crippen molar-refractivity contribution in [3.63, 3.8) is 0 Å². The van der Waals surface area contributed by atoms with Crippen molar-refractivity contribution < 1.29 is 9.69 Å². The van der Waals surface area contributed by atoms with Gasteiger partial charge in [-0.3, -0.25) is 4.79 Å². The number of aryl methyl sites for hydroxylation is 2. The van der Waals surface area contributed by atoms with E-state index in [9.17, 15) is 4.79 Å². The molecule has 2 aromatic rings. The number of rotatable bonds is 4. The monoisotopic (exact) mass is 323 g/mol.